The quantitative estimate of drug-likeness (QED) is 0.263. The van der Waals surface area contributed by atoms with E-state index in [-0.39, 0.29) is 16.8 Å². The number of nitrogens with zero attached hydrogens (tertiary/aromatic N) is 3. The highest BCUT2D eigenvalue weighted by atomic mass is 35.5. The summed E-state index contributed by atoms with van der Waals surface area (Å²) in [6, 6.07) is 25.1. The first-order chi connectivity index (χ1) is 17.1. The highest BCUT2D eigenvalue weighted by Crippen LogP contribution is 2.35. The molecule has 0 radical (unpaired) electrons. The lowest BCUT2D eigenvalue weighted by molar-refractivity contribution is 0.262. The highest BCUT2D eigenvalue weighted by Gasteiger charge is 2.16. The minimum absolute atomic E-state index is 0.0185. The van der Waals surface area contributed by atoms with Crippen molar-refractivity contribution in [3.05, 3.63) is 109 Å². The third-order valence-corrected chi connectivity index (χ3v) is 5.64. The fourth-order valence-corrected chi connectivity index (χ4v) is 3.78. The van der Waals surface area contributed by atoms with Crippen LogP contribution in [0.3, 0.4) is 0 Å². The Hall–Kier alpha value is -4.62. The average molecular weight is 482 g/mol. The number of hydrogen-bond acceptors (Lipinski definition) is 4. The van der Waals surface area contributed by atoms with Crippen molar-refractivity contribution in [1.82, 2.24) is 14.8 Å². The zero-order valence-electron chi connectivity index (χ0n) is 18.4. The fourth-order valence-electron chi connectivity index (χ4n) is 3.66. The molecule has 0 aliphatic heterocycles. The Labute approximate surface area is 206 Å². The van der Waals surface area contributed by atoms with Gasteiger partial charge in [-0.2, -0.15) is 5.10 Å². The Kier molecular flexibility index (Phi) is 6.15. The predicted octanol–water partition coefficient (Wildman–Crippen LogP) is 6.60. The number of anilines is 2. The molecule has 0 unspecified atom stereocenters. The number of carbonyl (C=O) groups excluding carboxylic acids is 1. The summed E-state index contributed by atoms with van der Waals surface area (Å²) < 4.78 is 1.73. The van der Waals surface area contributed by atoms with Gasteiger partial charge in [-0.05, 0) is 60.2 Å². The number of phenolic OH excluding ortho intramolecular Hbond substituents is 1. The molecule has 5 aromatic rings. The molecule has 2 aromatic heterocycles. The summed E-state index contributed by atoms with van der Waals surface area (Å²) in [6.45, 7) is 0. The molecule has 0 spiro atoms. The molecule has 0 saturated carbocycles. The van der Waals surface area contributed by atoms with Crippen LogP contribution < -0.4 is 10.6 Å². The lowest BCUT2D eigenvalue weighted by Gasteiger charge is -2.09. The molecular formula is C27H20ClN5O2. The molecule has 3 aromatic carbocycles. The van der Waals surface area contributed by atoms with Crippen LogP contribution in [0.4, 0.5) is 16.2 Å². The van der Waals surface area contributed by atoms with E-state index in [1.807, 2.05) is 72.9 Å². The topological polar surface area (TPSA) is 92.1 Å². The van der Waals surface area contributed by atoms with Gasteiger partial charge < -0.3 is 15.7 Å². The van der Waals surface area contributed by atoms with E-state index in [9.17, 15) is 9.90 Å². The zero-order chi connectivity index (χ0) is 24.2. The monoisotopic (exact) mass is 481 g/mol. The number of halogens is 1. The van der Waals surface area contributed by atoms with Crippen LogP contribution in [0.25, 0.3) is 28.1 Å². The molecule has 0 aliphatic carbocycles. The summed E-state index contributed by atoms with van der Waals surface area (Å²) >= 11 is 6.01. The summed E-state index contributed by atoms with van der Waals surface area (Å²) in [5, 5.41) is 20.9. The van der Waals surface area contributed by atoms with Gasteiger partial charge in [0, 0.05) is 41.1 Å². The van der Waals surface area contributed by atoms with Gasteiger partial charge in [0.2, 0.25) is 0 Å². The Morgan fingerprint density at radius 3 is 2.34 bits per heavy atom. The summed E-state index contributed by atoms with van der Waals surface area (Å²) in [5.74, 6) is -0.0185. The Balaban J connectivity index is 1.48. The van der Waals surface area contributed by atoms with Gasteiger partial charge in [-0.1, -0.05) is 41.9 Å². The Bertz CT molecular complexity index is 1490. The van der Waals surface area contributed by atoms with E-state index in [0.717, 1.165) is 16.8 Å². The zero-order valence-corrected chi connectivity index (χ0v) is 19.1. The van der Waals surface area contributed by atoms with E-state index in [1.54, 1.807) is 35.3 Å². The standard InChI is InChI=1S/C27H20ClN5O2/c28-24-10-9-19(15-25(24)34)26-23(18-11-13-29-14-12-18)17-33(32-26)22-8-4-7-21(16-22)31-27(35)30-20-5-2-1-3-6-20/h1-17,34H,(H2,30,31,35). The smallest absolute Gasteiger partial charge is 0.323 e. The first-order valence-corrected chi connectivity index (χ1v) is 11.2. The van der Waals surface area contributed by atoms with Gasteiger partial charge in [0.1, 0.15) is 11.4 Å². The van der Waals surface area contributed by atoms with Gasteiger partial charge in [0.15, 0.2) is 0 Å². The van der Waals surface area contributed by atoms with Crippen LogP contribution in [0.1, 0.15) is 0 Å². The minimum atomic E-state index is -0.344. The number of benzene rings is 3. The molecule has 8 heteroatoms. The molecule has 3 N–H and O–H groups in total. The van der Waals surface area contributed by atoms with E-state index < -0.39 is 0 Å². The molecule has 0 bridgehead atoms. The van der Waals surface area contributed by atoms with Crippen molar-refractivity contribution < 1.29 is 9.90 Å². The van der Waals surface area contributed by atoms with Gasteiger partial charge in [-0.15, -0.1) is 0 Å². The van der Waals surface area contributed by atoms with Gasteiger partial charge >= 0.3 is 6.03 Å². The molecular weight excluding hydrogens is 462 g/mol. The summed E-state index contributed by atoms with van der Waals surface area (Å²) in [7, 11) is 0. The van der Waals surface area contributed by atoms with E-state index >= 15 is 0 Å². The van der Waals surface area contributed by atoms with Crippen LogP contribution in [-0.2, 0) is 0 Å². The number of aromatic hydroxyl groups is 1. The van der Waals surface area contributed by atoms with Crippen molar-refractivity contribution in [2.24, 2.45) is 0 Å². The van der Waals surface area contributed by atoms with Crippen LogP contribution in [0.5, 0.6) is 5.75 Å². The van der Waals surface area contributed by atoms with Crippen LogP contribution >= 0.6 is 11.6 Å². The number of phenols is 1. The normalized spacial score (nSPS) is 10.7. The lowest BCUT2D eigenvalue weighted by Crippen LogP contribution is -2.19. The van der Waals surface area contributed by atoms with E-state index in [2.05, 4.69) is 15.6 Å². The summed E-state index contributed by atoms with van der Waals surface area (Å²) in [5.41, 5.74) is 5.23. The van der Waals surface area contributed by atoms with Gasteiger partial charge in [-0.25, -0.2) is 9.48 Å². The molecule has 35 heavy (non-hydrogen) atoms. The molecule has 0 fully saturated rings. The number of hydrogen-bond donors (Lipinski definition) is 3. The molecule has 172 valence electrons. The molecule has 2 amide bonds. The van der Waals surface area contributed by atoms with E-state index in [1.165, 1.54) is 0 Å². The maximum atomic E-state index is 12.4. The Morgan fingerprint density at radius 1 is 0.829 bits per heavy atom. The van der Waals surface area contributed by atoms with Crippen LogP contribution in [0.2, 0.25) is 5.02 Å². The number of aromatic nitrogens is 3. The third kappa shape index (κ3) is 5.00. The molecule has 7 nitrogen and oxygen atoms in total. The second-order valence-electron chi connectivity index (χ2n) is 7.73. The molecule has 0 saturated heterocycles. The maximum Gasteiger partial charge on any atom is 0.323 e. The lowest BCUT2D eigenvalue weighted by atomic mass is 10.0. The molecule has 5 rings (SSSR count). The number of nitrogens with one attached hydrogen (secondary N) is 2. The van der Waals surface area contributed by atoms with Gasteiger partial charge in [0.25, 0.3) is 0 Å². The van der Waals surface area contributed by atoms with Crippen molar-refractivity contribution in [2.45, 2.75) is 0 Å². The number of carbonyl (C=O) groups is 1. The number of para-hydroxylation sites is 1. The molecule has 0 aliphatic rings. The van der Waals surface area contributed by atoms with Crippen molar-refractivity contribution >= 4 is 29.0 Å². The van der Waals surface area contributed by atoms with Gasteiger partial charge in [0.05, 0.1) is 10.7 Å². The summed E-state index contributed by atoms with van der Waals surface area (Å²) in [6.07, 6.45) is 5.33. The highest BCUT2D eigenvalue weighted by molar-refractivity contribution is 6.32. The second kappa shape index (κ2) is 9.70. The second-order valence-corrected chi connectivity index (χ2v) is 8.14. The first kappa shape index (κ1) is 22.2. The number of rotatable bonds is 5. The van der Waals surface area contributed by atoms with E-state index in [0.29, 0.717) is 22.6 Å². The average Bonchev–Trinajstić information content (AvgIpc) is 3.33. The van der Waals surface area contributed by atoms with Gasteiger partial charge in [-0.3, -0.25) is 4.98 Å². The van der Waals surface area contributed by atoms with E-state index in [4.69, 9.17) is 16.7 Å². The number of urea groups is 1. The van der Waals surface area contributed by atoms with Crippen molar-refractivity contribution in [3.8, 4) is 33.8 Å². The minimum Gasteiger partial charge on any atom is -0.506 e. The van der Waals surface area contributed by atoms with Crippen LogP contribution in [-0.4, -0.2) is 25.9 Å². The van der Waals surface area contributed by atoms with Crippen molar-refractivity contribution in [3.63, 3.8) is 0 Å². The van der Waals surface area contributed by atoms with Crippen molar-refractivity contribution in [1.29, 1.82) is 0 Å². The number of pyridine rings is 1. The van der Waals surface area contributed by atoms with Crippen molar-refractivity contribution in [2.75, 3.05) is 10.6 Å². The third-order valence-electron chi connectivity index (χ3n) is 5.33. The molecule has 2 heterocycles. The maximum absolute atomic E-state index is 12.4. The number of amides is 2. The SMILES string of the molecule is O=C(Nc1ccccc1)Nc1cccc(-n2cc(-c3ccncc3)c(-c3ccc(Cl)c(O)c3)n2)c1. The predicted molar refractivity (Wildman–Crippen MR) is 138 cm³/mol. The fraction of sp³-hybridized carbons (Fsp3) is 0. The summed E-state index contributed by atoms with van der Waals surface area (Å²) in [4.78, 5) is 16.5. The largest absolute Gasteiger partial charge is 0.506 e. The first-order valence-electron chi connectivity index (χ1n) is 10.8. The van der Waals surface area contributed by atoms with Crippen LogP contribution in [0.15, 0.2) is 104 Å². The molecule has 0 atom stereocenters. The Morgan fingerprint density at radius 2 is 1.57 bits per heavy atom. The van der Waals surface area contributed by atoms with Crippen LogP contribution in [0, 0.1) is 0 Å².